The molecule has 0 bridgehead atoms. The molecule has 2 aromatic rings. The Morgan fingerprint density at radius 3 is 2.15 bits per heavy atom. The van der Waals surface area contributed by atoms with Crippen molar-refractivity contribution in [2.24, 2.45) is 0 Å². The van der Waals surface area contributed by atoms with Crippen molar-refractivity contribution in [3.63, 3.8) is 0 Å². The summed E-state index contributed by atoms with van der Waals surface area (Å²) in [6.07, 6.45) is -0.588. The van der Waals surface area contributed by atoms with Crippen LogP contribution in [0, 0.1) is 17.3 Å². The molecule has 0 aliphatic rings. The Bertz CT molecular complexity index is 1050. The first-order chi connectivity index (χ1) is 15.2. The first-order valence-corrected chi connectivity index (χ1v) is 13.8. The van der Waals surface area contributed by atoms with Crippen molar-refractivity contribution in [3.05, 3.63) is 41.2 Å². The van der Waals surface area contributed by atoms with Crippen LogP contribution < -0.4 is 5.32 Å². The van der Waals surface area contributed by atoms with Crippen molar-refractivity contribution in [1.82, 2.24) is 0 Å². The minimum atomic E-state index is -2.07. The van der Waals surface area contributed by atoms with Gasteiger partial charge in [0.15, 0.2) is 0 Å². The summed E-state index contributed by atoms with van der Waals surface area (Å²) in [5.74, 6) is 2.81. The van der Waals surface area contributed by atoms with Crippen LogP contribution in [0.15, 0.2) is 24.3 Å². The smallest absolute Gasteiger partial charge is 0.412 e. The van der Waals surface area contributed by atoms with E-state index >= 15 is 4.39 Å². The third-order valence-electron chi connectivity index (χ3n) is 6.23. The lowest BCUT2D eigenvalue weighted by molar-refractivity contribution is 0.0636. The molecule has 0 aromatic heterocycles. The molecule has 2 aromatic carbocycles. The molecule has 4 nitrogen and oxygen atoms in total. The summed E-state index contributed by atoms with van der Waals surface area (Å²) in [5, 5.41) is 14.1. The summed E-state index contributed by atoms with van der Waals surface area (Å²) < 4.78 is 20.4. The number of aliphatic hydroxyl groups is 1. The molecule has 0 spiro atoms. The number of halogens is 1. The number of nitrogens with one attached hydrogen (secondary N) is 1. The highest BCUT2D eigenvalue weighted by atomic mass is 28.3. The normalized spacial score (nSPS) is 12.3. The van der Waals surface area contributed by atoms with Gasteiger partial charge in [-0.15, -0.1) is 5.54 Å². The fraction of sp³-hybridized carbons (Fsp3) is 0.519. The van der Waals surface area contributed by atoms with Crippen molar-refractivity contribution >= 4 is 30.6 Å². The number of rotatable bonds is 5. The van der Waals surface area contributed by atoms with Crippen LogP contribution in [0.2, 0.25) is 16.6 Å². The predicted octanol–water partition coefficient (Wildman–Crippen LogP) is 7.39. The van der Waals surface area contributed by atoms with Gasteiger partial charge in [0.1, 0.15) is 19.5 Å². The highest BCUT2D eigenvalue weighted by molar-refractivity contribution is 6.90. The van der Waals surface area contributed by atoms with Crippen molar-refractivity contribution in [2.75, 3.05) is 5.32 Å². The first kappa shape index (κ1) is 26.9. The lowest BCUT2D eigenvalue weighted by Crippen LogP contribution is -2.43. The van der Waals surface area contributed by atoms with E-state index in [-0.39, 0.29) is 6.61 Å². The molecule has 2 N–H and O–H groups in total. The second-order valence-electron chi connectivity index (χ2n) is 10.6. The van der Waals surface area contributed by atoms with Crippen LogP contribution in [-0.4, -0.2) is 24.9 Å². The third-order valence-corrected chi connectivity index (χ3v) is 12.5. The van der Waals surface area contributed by atoms with E-state index in [0.717, 1.165) is 0 Å². The highest BCUT2D eigenvalue weighted by Gasteiger charge is 2.41. The van der Waals surface area contributed by atoms with Crippen LogP contribution in [0.1, 0.15) is 73.4 Å². The fourth-order valence-corrected chi connectivity index (χ4v) is 10.1. The number of benzene rings is 2. The molecule has 0 saturated carbocycles. The topological polar surface area (TPSA) is 58.6 Å². The van der Waals surface area contributed by atoms with Gasteiger partial charge < -0.3 is 9.84 Å². The van der Waals surface area contributed by atoms with E-state index in [9.17, 15) is 9.90 Å². The summed E-state index contributed by atoms with van der Waals surface area (Å²) in [4.78, 5) is 12.2. The van der Waals surface area contributed by atoms with Crippen LogP contribution in [0.3, 0.4) is 0 Å². The van der Waals surface area contributed by atoms with E-state index in [1.54, 1.807) is 39.0 Å². The molecule has 1 amide bonds. The standard InChI is InChI=1S/C27H38FNO3Si/c1-17(2)33(18(3)4,19(5)6)13-12-23-24(28)11-10-20-14-22(15-21(16-30)25(20)23)29-26(31)32-27(7,8)9/h10-11,14-15,17-19,30H,16H2,1-9H3,(H,29,31). The summed E-state index contributed by atoms with van der Waals surface area (Å²) in [5.41, 5.74) is 5.50. The summed E-state index contributed by atoms with van der Waals surface area (Å²) in [7, 11) is -2.07. The number of amides is 1. The van der Waals surface area contributed by atoms with E-state index in [0.29, 0.717) is 44.2 Å². The van der Waals surface area contributed by atoms with E-state index in [1.807, 2.05) is 0 Å². The number of fused-ring (bicyclic) bond motifs is 1. The fourth-order valence-electron chi connectivity index (χ4n) is 4.87. The molecule has 0 fully saturated rings. The number of hydrogen-bond donors (Lipinski definition) is 2. The molecule has 0 heterocycles. The summed E-state index contributed by atoms with van der Waals surface area (Å²) >= 11 is 0. The van der Waals surface area contributed by atoms with E-state index < -0.39 is 25.6 Å². The Morgan fingerprint density at radius 1 is 1.09 bits per heavy atom. The zero-order valence-electron chi connectivity index (χ0n) is 21.4. The van der Waals surface area contributed by atoms with Crippen LogP contribution in [0.25, 0.3) is 10.8 Å². The third kappa shape index (κ3) is 5.96. The van der Waals surface area contributed by atoms with Crippen molar-refractivity contribution in [2.45, 2.75) is 91.1 Å². The minimum Gasteiger partial charge on any atom is -0.444 e. The van der Waals surface area contributed by atoms with Crippen LogP contribution >= 0.6 is 0 Å². The van der Waals surface area contributed by atoms with E-state index in [2.05, 4.69) is 58.3 Å². The maximum Gasteiger partial charge on any atom is 0.412 e. The number of hydrogen-bond acceptors (Lipinski definition) is 3. The Hall–Kier alpha value is -2.36. The van der Waals surface area contributed by atoms with Gasteiger partial charge in [0.25, 0.3) is 0 Å². The zero-order chi connectivity index (χ0) is 25.1. The maximum atomic E-state index is 15.1. The molecule has 180 valence electrons. The number of carbonyl (C=O) groups is 1. The van der Waals surface area contributed by atoms with Gasteiger partial charge in [-0.25, -0.2) is 9.18 Å². The van der Waals surface area contributed by atoms with Gasteiger partial charge >= 0.3 is 6.09 Å². The monoisotopic (exact) mass is 471 g/mol. The minimum absolute atomic E-state index is 0.305. The van der Waals surface area contributed by atoms with Crippen molar-refractivity contribution < 1.29 is 19.0 Å². The van der Waals surface area contributed by atoms with Gasteiger partial charge in [-0.05, 0) is 66.5 Å². The Balaban J connectivity index is 2.66. The molecule has 0 aliphatic heterocycles. The quantitative estimate of drug-likeness (QED) is 0.353. The number of ether oxygens (including phenoxy) is 1. The van der Waals surface area contributed by atoms with Crippen molar-refractivity contribution in [3.8, 4) is 11.5 Å². The van der Waals surface area contributed by atoms with Crippen LogP contribution in [0.4, 0.5) is 14.9 Å². The number of carbonyl (C=O) groups excluding carboxylic acids is 1. The molecule has 0 aliphatic carbocycles. The Morgan fingerprint density at radius 2 is 1.67 bits per heavy atom. The van der Waals surface area contributed by atoms with Gasteiger partial charge in [0.05, 0.1) is 12.2 Å². The van der Waals surface area contributed by atoms with Crippen LogP contribution in [-0.2, 0) is 11.3 Å². The maximum absolute atomic E-state index is 15.1. The average Bonchev–Trinajstić information content (AvgIpc) is 2.66. The summed E-state index contributed by atoms with van der Waals surface area (Å²) in [6.45, 7) is 18.4. The SMILES string of the molecule is CC(C)[Si](C#Cc1c(F)ccc2cc(NC(=O)OC(C)(C)C)cc(CO)c12)(C(C)C)C(C)C. The molecule has 0 unspecified atom stereocenters. The average molecular weight is 472 g/mol. The van der Waals surface area contributed by atoms with Crippen molar-refractivity contribution in [1.29, 1.82) is 0 Å². The molecular formula is C27H38FNO3Si. The lowest BCUT2D eigenvalue weighted by atomic mass is 9.98. The second kappa shape index (κ2) is 10.3. The first-order valence-electron chi connectivity index (χ1n) is 11.6. The number of aliphatic hydroxyl groups excluding tert-OH is 1. The second-order valence-corrected chi connectivity index (χ2v) is 16.2. The molecule has 0 atom stereocenters. The van der Waals surface area contributed by atoms with E-state index in [4.69, 9.17) is 4.74 Å². The Kier molecular flexibility index (Phi) is 8.37. The molecule has 2 rings (SSSR count). The predicted molar refractivity (Wildman–Crippen MR) is 138 cm³/mol. The van der Waals surface area contributed by atoms with E-state index in [1.165, 1.54) is 6.07 Å². The van der Waals surface area contributed by atoms with Gasteiger partial charge in [0.2, 0.25) is 0 Å². The molecule has 0 radical (unpaired) electrons. The zero-order valence-corrected chi connectivity index (χ0v) is 22.4. The molecule has 33 heavy (non-hydrogen) atoms. The van der Waals surface area contributed by atoms with Gasteiger partial charge in [0, 0.05) is 11.1 Å². The van der Waals surface area contributed by atoms with Gasteiger partial charge in [-0.2, -0.15) is 0 Å². The van der Waals surface area contributed by atoms with Gasteiger partial charge in [-0.3, -0.25) is 5.32 Å². The summed E-state index contributed by atoms with van der Waals surface area (Å²) in [6, 6.07) is 6.44. The molecule has 0 saturated heterocycles. The lowest BCUT2D eigenvalue weighted by Gasteiger charge is -2.38. The van der Waals surface area contributed by atoms with Gasteiger partial charge in [-0.1, -0.05) is 53.5 Å². The molecular weight excluding hydrogens is 433 g/mol. The molecule has 6 heteroatoms. The van der Waals surface area contributed by atoms with Crippen LogP contribution in [0.5, 0.6) is 0 Å². The Labute approximate surface area is 198 Å². The largest absolute Gasteiger partial charge is 0.444 e. The highest BCUT2D eigenvalue weighted by Crippen LogP contribution is 2.41. The number of anilines is 1.